The van der Waals surface area contributed by atoms with Crippen LogP contribution >= 0.6 is 0 Å². The lowest BCUT2D eigenvalue weighted by atomic mass is 9.75. The van der Waals surface area contributed by atoms with Crippen molar-refractivity contribution in [3.05, 3.63) is 35.9 Å². The van der Waals surface area contributed by atoms with Crippen molar-refractivity contribution in [3.63, 3.8) is 0 Å². The third kappa shape index (κ3) is 2.10. The van der Waals surface area contributed by atoms with Gasteiger partial charge in [-0.2, -0.15) is 0 Å². The van der Waals surface area contributed by atoms with Crippen molar-refractivity contribution >= 4 is 0 Å². The van der Waals surface area contributed by atoms with E-state index in [1.807, 2.05) is 18.2 Å². The highest BCUT2D eigenvalue weighted by molar-refractivity contribution is 5.24. The molecule has 0 aliphatic carbocycles. The Labute approximate surface area is 80.4 Å². The highest BCUT2D eigenvalue weighted by Gasteiger charge is 2.26. The van der Waals surface area contributed by atoms with Gasteiger partial charge in [0, 0.05) is 6.61 Å². The molecule has 1 heteroatoms. The average Bonchev–Trinajstić information content (AvgIpc) is 2.18. The second-order valence-electron chi connectivity index (χ2n) is 4.17. The van der Waals surface area contributed by atoms with Gasteiger partial charge in [0.1, 0.15) is 0 Å². The summed E-state index contributed by atoms with van der Waals surface area (Å²) in [6, 6.07) is 10.3. The average molecular weight is 178 g/mol. The van der Waals surface area contributed by atoms with Gasteiger partial charge in [0.25, 0.3) is 0 Å². The Morgan fingerprint density at radius 1 is 1.23 bits per heavy atom. The fourth-order valence-electron chi connectivity index (χ4n) is 1.38. The molecule has 0 aliphatic rings. The van der Waals surface area contributed by atoms with E-state index in [1.54, 1.807) is 0 Å². The molecule has 1 aromatic carbocycles. The van der Waals surface area contributed by atoms with Crippen LogP contribution in [0.25, 0.3) is 0 Å². The van der Waals surface area contributed by atoms with Crippen LogP contribution in [-0.2, 0) is 5.41 Å². The van der Waals surface area contributed by atoms with Crippen LogP contribution in [0.5, 0.6) is 0 Å². The number of aliphatic hydroxyl groups excluding tert-OH is 1. The summed E-state index contributed by atoms with van der Waals surface area (Å²) in [6.07, 6.45) is 0. The van der Waals surface area contributed by atoms with Gasteiger partial charge in [-0.1, -0.05) is 51.1 Å². The fraction of sp³-hybridized carbons (Fsp3) is 0.500. The van der Waals surface area contributed by atoms with E-state index in [2.05, 4.69) is 32.9 Å². The quantitative estimate of drug-likeness (QED) is 0.754. The fourth-order valence-corrected chi connectivity index (χ4v) is 1.38. The summed E-state index contributed by atoms with van der Waals surface area (Å²) in [7, 11) is 0. The minimum atomic E-state index is 0.0516. The van der Waals surface area contributed by atoms with Crippen molar-refractivity contribution in [1.82, 2.24) is 0 Å². The Hall–Kier alpha value is -0.820. The molecule has 0 radical (unpaired) electrons. The number of rotatable bonds is 3. The van der Waals surface area contributed by atoms with E-state index < -0.39 is 0 Å². The van der Waals surface area contributed by atoms with Crippen molar-refractivity contribution in [2.45, 2.75) is 26.2 Å². The van der Waals surface area contributed by atoms with Gasteiger partial charge < -0.3 is 5.11 Å². The molecule has 0 aliphatic heterocycles. The summed E-state index contributed by atoms with van der Waals surface area (Å²) in [6.45, 7) is 6.65. The zero-order valence-corrected chi connectivity index (χ0v) is 8.62. The van der Waals surface area contributed by atoms with E-state index >= 15 is 0 Å². The van der Waals surface area contributed by atoms with E-state index in [0.29, 0.717) is 0 Å². The van der Waals surface area contributed by atoms with E-state index in [1.165, 1.54) is 5.56 Å². The molecule has 1 aromatic rings. The van der Waals surface area contributed by atoms with Crippen LogP contribution < -0.4 is 0 Å². The van der Waals surface area contributed by atoms with Gasteiger partial charge >= 0.3 is 0 Å². The maximum Gasteiger partial charge on any atom is 0.0464 e. The Morgan fingerprint density at radius 2 is 1.77 bits per heavy atom. The zero-order chi connectivity index (χ0) is 9.90. The van der Waals surface area contributed by atoms with E-state index in [9.17, 15) is 0 Å². The molecule has 1 atom stereocenters. The molecule has 0 saturated carbocycles. The smallest absolute Gasteiger partial charge is 0.0464 e. The minimum Gasteiger partial charge on any atom is -0.396 e. The summed E-state index contributed by atoms with van der Waals surface area (Å²) < 4.78 is 0. The molecule has 72 valence electrons. The lowest BCUT2D eigenvalue weighted by Crippen LogP contribution is -2.28. The number of benzene rings is 1. The van der Waals surface area contributed by atoms with Gasteiger partial charge in [0.15, 0.2) is 0 Å². The lowest BCUT2D eigenvalue weighted by Gasteiger charge is -2.31. The molecular formula is C12H18O. The third-order valence-electron chi connectivity index (χ3n) is 3.02. The highest BCUT2D eigenvalue weighted by atomic mass is 16.3. The van der Waals surface area contributed by atoms with Crippen LogP contribution in [0.15, 0.2) is 30.3 Å². The number of hydrogen-bond acceptors (Lipinski definition) is 1. The van der Waals surface area contributed by atoms with Gasteiger partial charge in [-0.05, 0) is 16.9 Å². The van der Waals surface area contributed by atoms with Crippen molar-refractivity contribution in [3.8, 4) is 0 Å². The first-order valence-corrected chi connectivity index (χ1v) is 4.75. The SMILES string of the molecule is CC(CO)C(C)(C)c1ccccc1. The maximum absolute atomic E-state index is 9.13. The summed E-state index contributed by atoms with van der Waals surface area (Å²) in [4.78, 5) is 0. The Bertz CT molecular complexity index is 251. The zero-order valence-electron chi connectivity index (χ0n) is 8.62. The van der Waals surface area contributed by atoms with Gasteiger partial charge in [-0.3, -0.25) is 0 Å². The largest absolute Gasteiger partial charge is 0.396 e. The molecule has 0 amide bonds. The molecule has 1 nitrogen and oxygen atoms in total. The van der Waals surface area contributed by atoms with Crippen LogP contribution in [0.4, 0.5) is 0 Å². The van der Waals surface area contributed by atoms with Crippen molar-refractivity contribution < 1.29 is 5.11 Å². The molecule has 0 saturated heterocycles. The number of aliphatic hydroxyl groups is 1. The van der Waals surface area contributed by atoms with Crippen LogP contribution in [0.3, 0.4) is 0 Å². The van der Waals surface area contributed by atoms with Crippen LogP contribution in [-0.4, -0.2) is 11.7 Å². The second kappa shape index (κ2) is 3.93. The molecule has 0 heterocycles. The molecule has 1 rings (SSSR count). The molecule has 0 bridgehead atoms. The van der Waals surface area contributed by atoms with E-state index in [4.69, 9.17) is 5.11 Å². The molecule has 13 heavy (non-hydrogen) atoms. The van der Waals surface area contributed by atoms with E-state index in [0.717, 1.165) is 0 Å². The summed E-state index contributed by atoms with van der Waals surface area (Å²) in [5.74, 6) is 0.287. The minimum absolute atomic E-state index is 0.0516. The van der Waals surface area contributed by atoms with Gasteiger partial charge in [0.05, 0.1) is 0 Å². The summed E-state index contributed by atoms with van der Waals surface area (Å²) >= 11 is 0. The van der Waals surface area contributed by atoms with Crippen LogP contribution in [0.1, 0.15) is 26.3 Å². The highest BCUT2D eigenvalue weighted by Crippen LogP contribution is 2.30. The molecular weight excluding hydrogens is 160 g/mol. The van der Waals surface area contributed by atoms with Gasteiger partial charge in [0.2, 0.25) is 0 Å². The first-order valence-electron chi connectivity index (χ1n) is 4.75. The molecule has 0 spiro atoms. The van der Waals surface area contributed by atoms with Gasteiger partial charge in [-0.15, -0.1) is 0 Å². The van der Waals surface area contributed by atoms with Crippen molar-refractivity contribution in [2.75, 3.05) is 6.61 Å². The normalized spacial score (nSPS) is 14.2. The molecule has 1 N–H and O–H groups in total. The topological polar surface area (TPSA) is 20.2 Å². The standard InChI is InChI=1S/C12H18O/c1-10(9-13)12(2,3)11-7-5-4-6-8-11/h4-8,10,13H,9H2,1-3H3. The molecule has 0 fully saturated rings. The van der Waals surface area contributed by atoms with E-state index in [-0.39, 0.29) is 17.9 Å². The second-order valence-corrected chi connectivity index (χ2v) is 4.17. The van der Waals surface area contributed by atoms with Crippen molar-refractivity contribution in [1.29, 1.82) is 0 Å². The first kappa shape index (κ1) is 10.3. The first-order chi connectivity index (χ1) is 6.09. The summed E-state index contributed by atoms with van der Waals surface area (Å²) in [5.41, 5.74) is 1.34. The monoisotopic (exact) mass is 178 g/mol. The third-order valence-corrected chi connectivity index (χ3v) is 3.02. The molecule has 0 aromatic heterocycles. The van der Waals surface area contributed by atoms with Crippen LogP contribution in [0, 0.1) is 5.92 Å². The Kier molecular flexibility index (Phi) is 3.10. The van der Waals surface area contributed by atoms with Gasteiger partial charge in [-0.25, -0.2) is 0 Å². The van der Waals surface area contributed by atoms with Crippen LogP contribution in [0.2, 0.25) is 0 Å². The lowest BCUT2D eigenvalue weighted by molar-refractivity contribution is 0.181. The summed E-state index contributed by atoms with van der Waals surface area (Å²) in [5, 5.41) is 9.13. The maximum atomic E-state index is 9.13. The predicted molar refractivity (Wildman–Crippen MR) is 55.7 cm³/mol. The Morgan fingerprint density at radius 3 is 2.23 bits per heavy atom. The Balaban J connectivity index is 2.93. The molecule has 1 unspecified atom stereocenters. The predicted octanol–water partition coefficient (Wildman–Crippen LogP) is 2.59. The van der Waals surface area contributed by atoms with Crippen molar-refractivity contribution in [2.24, 2.45) is 5.92 Å². The number of hydrogen-bond donors (Lipinski definition) is 1.